The summed E-state index contributed by atoms with van der Waals surface area (Å²) in [5.74, 6) is 0.388. The fraction of sp³-hybridized carbons (Fsp3) is 0.462. The van der Waals surface area contributed by atoms with Crippen LogP contribution in [0.1, 0.15) is 19.4 Å². The molecule has 5 heteroatoms. The first-order valence-electron chi connectivity index (χ1n) is 5.81. The summed E-state index contributed by atoms with van der Waals surface area (Å²) in [6.45, 7) is 4.73. The Morgan fingerprint density at radius 3 is 2.44 bits per heavy atom. The first-order chi connectivity index (χ1) is 8.54. The van der Waals surface area contributed by atoms with Crippen LogP contribution in [0.3, 0.4) is 0 Å². The van der Waals surface area contributed by atoms with Crippen molar-refractivity contribution in [1.29, 1.82) is 0 Å². The van der Waals surface area contributed by atoms with E-state index in [0.29, 0.717) is 12.5 Å². The third-order valence-corrected chi connectivity index (χ3v) is 2.63. The molecule has 1 atom stereocenters. The number of nitrogens with zero attached hydrogens (tertiary/aromatic N) is 2. The minimum atomic E-state index is -0.414. The highest BCUT2D eigenvalue weighted by molar-refractivity contribution is 5.80. The van der Waals surface area contributed by atoms with Crippen molar-refractivity contribution >= 4 is 11.9 Å². The molecule has 0 amide bonds. The first kappa shape index (κ1) is 14.3. The van der Waals surface area contributed by atoms with Crippen molar-refractivity contribution in [1.82, 2.24) is 0 Å². The molecule has 0 aliphatic rings. The molecule has 1 aromatic rings. The largest absolute Gasteiger partial charge is 0.382 e. The quantitative estimate of drug-likeness (QED) is 0.443. The number of rotatable bonds is 6. The molecule has 0 unspecified atom stereocenters. The maximum absolute atomic E-state index is 10.5. The summed E-state index contributed by atoms with van der Waals surface area (Å²) >= 11 is 0. The predicted octanol–water partition coefficient (Wildman–Crippen LogP) is 2.68. The molecule has 0 bridgehead atoms. The minimum Gasteiger partial charge on any atom is -0.382 e. The molecule has 0 heterocycles. The molecule has 0 aliphatic heterocycles. The van der Waals surface area contributed by atoms with Crippen molar-refractivity contribution in [2.75, 3.05) is 13.7 Å². The van der Waals surface area contributed by atoms with Gasteiger partial charge in [0.25, 0.3) is 5.69 Å². The van der Waals surface area contributed by atoms with E-state index in [9.17, 15) is 10.1 Å². The van der Waals surface area contributed by atoms with E-state index >= 15 is 0 Å². The van der Waals surface area contributed by atoms with Crippen molar-refractivity contribution in [3.63, 3.8) is 0 Å². The van der Waals surface area contributed by atoms with Gasteiger partial charge in [-0.3, -0.25) is 15.1 Å². The number of ether oxygens (including phenoxy) is 1. The molecule has 18 heavy (non-hydrogen) atoms. The number of methoxy groups -OCH3 is 1. The second kappa shape index (κ2) is 6.86. The summed E-state index contributed by atoms with van der Waals surface area (Å²) in [6.07, 6.45) is 1.73. The van der Waals surface area contributed by atoms with Gasteiger partial charge in [-0.2, -0.15) is 0 Å². The second-order valence-corrected chi connectivity index (χ2v) is 4.39. The van der Waals surface area contributed by atoms with Crippen LogP contribution in [0.15, 0.2) is 29.3 Å². The predicted molar refractivity (Wildman–Crippen MR) is 71.2 cm³/mol. The minimum absolute atomic E-state index is 0.0875. The number of nitro benzene ring substituents is 1. The summed E-state index contributed by atoms with van der Waals surface area (Å²) in [5, 5.41) is 10.5. The average molecular weight is 250 g/mol. The molecule has 0 aliphatic carbocycles. The van der Waals surface area contributed by atoms with Gasteiger partial charge in [0.2, 0.25) is 0 Å². The zero-order chi connectivity index (χ0) is 13.5. The lowest BCUT2D eigenvalue weighted by Gasteiger charge is -2.14. The standard InChI is InChI=1S/C13H18N2O3/c1-10(2)13(9-18-3)14-8-11-4-6-12(7-5-11)15(16)17/h4-8,10,13H,9H2,1-3H3/t13-/m1/s1. The van der Waals surface area contributed by atoms with Gasteiger partial charge in [-0.05, 0) is 23.6 Å². The lowest BCUT2D eigenvalue weighted by atomic mass is 10.1. The van der Waals surface area contributed by atoms with Gasteiger partial charge in [0, 0.05) is 25.5 Å². The maximum Gasteiger partial charge on any atom is 0.269 e. The molecular formula is C13H18N2O3. The van der Waals surface area contributed by atoms with E-state index in [1.54, 1.807) is 25.5 Å². The Morgan fingerprint density at radius 1 is 1.39 bits per heavy atom. The lowest BCUT2D eigenvalue weighted by molar-refractivity contribution is -0.384. The summed E-state index contributed by atoms with van der Waals surface area (Å²) < 4.78 is 5.10. The van der Waals surface area contributed by atoms with E-state index in [4.69, 9.17) is 4.74 Å². The number of nitro groups is 1. The van der Waals surface area contributed by atoms with Crippen LogP contribution < -0.4 is 0 Å². The SMILES string of the molecule is COC[C@@H](N=Cc1ccc([N+](=O)[O-])cc1)C(C)C. The van der Waals surface area contributed by atoms with E-state index in [0.717, 1.165) is 5.56 Å². The van der Waals surface area contributed by atoms with Gasteiger partial charge in [0.15, 0.2) is 0 Å². The van der Waals surface area contributed by atoms with Crippen LogP contribution in [0.2, 0.25) is 0 Å². The first-order valence-corrected chi connectivity index (χ1v) is 5.81. The molecule has 98 valence electrons. The highest BCUT2D eigenvalue weighted by Crippen LogP contribution is 2.12. The molecule has 0 spiro atoms. The van der Waals surface area contributed by atoms with Gasteiger partial charge in [-0.1, -0.05) is 13.8 Å². The van der Waals surface area contributed by atoms with Crippen LogP contribution >= 0.6 is 0 Å². The molecular weight excluding hydrogens is 232 g/mol. The maximum atomic E-state index is 10.5. The Kier molecular flexibility index (Phi) is 5.45. The van der Waals surface area contributed by atoms with Gasteiger partial charge < -0.3 is 4.74 Å². The fourth-order valence-corrected chi connectivity index (χ4v) is 1.44. The van der Waals surface area contributed by atoms with E-state index in [1.807, 2.05) is 0 Å². The highest BCUT2D eigenvalue weighted by Gasteiger charge is 2.10. The molecule has 0 saturated heterocycles. The van der Waals surface area contributed by atoms with E-state index in [-0.39, 0.29) is 11.7 Å². The summed E-state index contributed by atoms with van der Waals surface area (Å²) in [4.78, 5) is 14.5. The van der Waals surface area contributed by atoms with Crippen LogP contribution in [0.4, 0.5) is 5.69 Å². The number of hydrogen-bond acceptors (Lipinski definition) is 4. The molecule has 1 rings (SSSR count). The fourth-order valence-electron chi connectivity index (χ4n) is 1.44. The molecule has 0 saturated carbocycles. The number of aliphatic imine (C=N–C) groups is 1. The highest BCUT2D eigenvalue weighted by atomic mass is 16.6. The Balaban J connectivity index is 2.73. The van der Waals surface area contributed by atoms with E-state index < -0.39 is 4.92 Å². The molecule has 0 fully saturated rings. The van der Waals surface area contributed by atoms with Crippen LogP contribution in [0.5, 0.6) is 0 Å². The third kappa shape index (κ3) is 4.25. The Bertz CT molecular complexity index is 413. The van der Waals surface area contributed by atoms with Gasteiger partial charge in [-0.15, -0.1) is 0 Å². The molecule has 5 nitrogen and oxygen atoms in total. The monoisotopic (exact) mass is 250 g/mol. The zero-order valence-corrected chi connectivity index (χ0v) is 10.9. The Morgan fingerprint density at radius 2 is 2.00 bits per heavy atom. The van der Waals surface area contributed by atoms with Crippen molar-refractivity contribution in [3.05, 3.63) is 39.9 Å². The van der Waals surface area contributed by atoms with Crippen LogP contribution in [-0.4, -0.2) is 30.9 Å². The Labute approximate surface area is 107 Å². The Hall–Kier alpha value is -1.75. The second-order valence-electron chi connectivity index (χ2n) is 4.39. The van der Waals surface area contributed by atoms with Gasteiger partial charge in [0.05, 0.1) is 17.6 Å². The smallest absolute Gasteiger partial charge is 0.269 e. The van der Waals surface area contributed by atoms with Crippen molar-refractivity contribution < 1.29 is 9.66 Å². The van der Waals surface area contributed by atoms with E-state index in [2.05, 4.69) is 18.8 Å². The van der Waals surface area contributed by atoms with Gasteiger partial charge >= 0.3 is 0 Å². The van der Waals surface area contributed by atoms with Crippen molar-refractivity contribution in [3.8, 4) is 0 Å². The lowest BCUT2D eigenvalue weighted by Crippen LogP contribution is -2.19. The van der Waals surface area contributed by atoms with Crippen molar-refractivity contribution in [2.24, 2.45) is 10.9 Å². The van der Waals surface area contributed by atoms with Crippen LogP contribution in [-0.2, 0) is 4.74 Å². The van der Waals surface area contributed by atoms with E-state index in [1.165, 1.54) is 12.1 Å². The van der Waals surface area contributed by atoms with Crippen LogP contribution in [0.25, 0.3) is 0 Å². The molecule has 1 aromatic carbocycles. The normalized spacial score (nSPS) is 13.1. The summed E-state index contributed by atoms with van der Waals surface area (Å²) in [6, 6.07) is 6.42. The number of hydrogen-bond donors (Lipinski definition) is 0. The van der Waals surface area contributed by atoms with Crippen molar-refractivity contribution in [2.45, 2.75) is 19.9 Å². The summed E-state index contributed by atoms with van der Waals surface area (Å²) in [7, 11) is 1.65. The molecule has 0 radical (unpaired) electrons. The zero-order valence-electron chi connectivity index (χ0n) is 10.9. The van der Waals surface area contributed by atoms with Crippen LogP contribution in [0, 0.1) is 16.0 Å². The van der Waals surface area contributed by atoms with Gasteiger partial charge in [0.1, 0.15) is 0 Å². The third-order valence-electron chi connectivity index (χ3n) is 2.63. The number of benzene rings is 1. The summed E-state index contributed by atoms with van der Waals surface area (Å²) in [5.41, 5.74) is 0.937. The average Bonchev–Trinajstić information content (AvgIpc) is 2.34. The number of non-ortho nitro benzene ring substituents is 1. The molecule has 0 N–H and O–H groups in total. The molecule has 0 aromatic heterocycles. The van der Waals surface area contributed by atoms with Gasteiger partial charge in [-0.25, -0.2) is 0 Å². The topological polar surface area (TPSA) is 64.7 Å².